The molecule has 322 valence electrons. The fraction of sp³-hybridized carbons (Fsp3) is 0.864. The molecule has 3 unspecified atom stereocenters. The maximum Gasteiger partial charge on any atom is 0.472 e. The number of hydrogen-bond acceptors (Lipinski definition) is 8. The summed E-state index contributed by atoms with van der Waals surface area (Å²) in [5.41, 5.74) is 0. The van der Waals surface area contributed by atoms with Crippen molar-refractivity contribution in [1.29, 1.82) is 0 Å². The summed E-state index contributed by atoms with van der Waals surface area (Å²) in [5.74, 6) is -0.825. The Labute approximate surface area is 336 Å². The van der Waals surface area contributed by atoms with E-state index in [2.05, 4.69) is 38.2 Å². The molecule has 0 spiro atoms. The molecule has 4 atom stereocenters. The van der Waals surface area contributed by atoms with Crippen LogP contribution in [0.25, 0.3) is 0 Å². The lowest BCUT2D eigenvalue weighted by molar-refractivity contribution is -0.870. The van der Waals surface area contributed by atoms with Crippen LogP contribution in [0.1, 0.15) is 181 Å². The zero-order chi connectivity index (χ0) is 40.5. The van der Waals surface area contributed by atoms with Gasteiger partial charge in [0.15, 0.2) is 6.10 Å². The van der Waals surface area contributed by atoms with Gasteiger partial charge in [-0.3, -0.25) is 18.6 Å². The van der Waals surface area contributed by atoms with Crippen LogP contribution in [0.5, 0.6) is 0 Å². The summed E-state index contributed by atoms with van der Waals surface area (Å²) in [6.07, 6.45) is 36.6. The largest absolute Gasteiger partial charge is 0.472 e. The molecule has 1 rings (SSSR count). The van der Waals surface area contributed by atoms with Gasteiger partial charge in [0.2, 0.25) is 0 Å². The molecule has 1 heterocycles. The normalized spacial score (nSPS) is 17.5. The van der Waals surface area contributed by atoms with Crippen molar-refractivity contribution in [2.45, 2.75) is 199 Å². The number of phosphoric acid groups is 1. The first-order valence-corrected chi connectivity index (χ1v) is 23.7. The lowest BCUT2D eigenvalue weighted by Crippen LogP contribution is -2.37. The molecule has 0 saturated carbocycles. The van der Waals surface area contributed by atoms with Gasteiger partial charge in [0.05, 0.1) is 40.0 Å². The van der Waals surface area contributed by atoms with Gasteiger partial charge in [-0.15, -0.1) is 0 Å². The van der Waals surface area contributed by atoms with Gasteiger partial charge < -0.3 is 23.6 Å². The molecular formula is C44H83NO9P+. The number of likely N-dealkylation sites (N-methyl/N-ethyl adjacent to an activating group) is 1. The van der Waals surface area contributed by atoms with Crippen LogP contribution in [-0.4, -0.2) is 87.1 Å². The third kappa shape index (κ3) is 34.2. The first-order chi connectivity index (χ1) is 26.5. The number of rotatable bonds is 39. The van der Waals surface area contributed by atoms with Gasteiger partial charge in [-0.2, -0.15) is 0 Å². The quantitative estimate of drug-likeness (QED) is 0.0162. The van der Waals surface area contributed by atoms with E-state index in [0.717, 1.165) is 64.2 Å². The number of nitrogens with zero attached hydrogens (tertiary/aromatic N) is 1. The van der Waals surface area contributed by atoms with Crippen LogP contribution in [0, 0.1) is 0 Å². The number of epoxide rings is 1. The Bertz CT molecular complexity index is 1060. The number of quaternary nitrogens is 1. The summed E-state index contributed by atoms with van der Waals surface area (Å²) in [5, 5.41) is 0. The highest BCUT2D eigenvalue weighted by Crippen LogP contribution is 2.43. The van der Waals surface area contributed by atoms with Crippen LogP contribution in [0.4, 0.5) is 0 Å². The molecule has 0 amide bonds. The van der Waals surface area contributed by atoms with Gasteiger partial charge in [0.25, 0.3) is 0 Å². The third-order valence-corrected chi connectivity index (χ3v) is 10.9. The molecule has 0 aromatic carbocycles. The van der Waals surface area contributed by atoms with E-state index < -0.39 is 26.5 Å². The lowest BCUT2D eigenvalue weighted by atomic mass is 10.1. The number of esters is 2. The maximum absolute atomic E-state index is 12.7. The smallest absolute Gasteiger partial charge is 0.462 e. The van der Waals surface area contributed by atoms with Crippen LogP contribution < -0.4 is 0 Å². The minimum Gasteiger partial charge on any atom is -0.462 e. The summed E-state index contributed by atoms with van der Waals surface area (Å²) >= 11 is 0. The van der Waals surface area contributed by atoms with Crippen LogP contribution >= 0.6 is 7.82 Å². The van der Waals surface area contributed by atoms with Crippen molar-refractivity contribution in [3.63, 3.8) is 0 Å². The summed E-state index contributed by atoms with van der Waals surface area (Å²) in [6, 6.07) is 0. The van der Waals surface area contributed by atoms with E-state index in [1.807, 2.05) is 21.1 Å². The minimum absolute atomic E-state index is 0.0265. The highest BCUT2D eigenvalue weighted by molar-refractivity contribution is 7.47. The second kappa shape index (κ2) is 33.4. The molecule has 0 aromatic heterocycles. The predicted octanol–water partition coefficient (Wildman–Crippen LogP) is 11.3. The molecular weight excluding hydrogens is 717 g/mol. The molecule has 0 aliphatic carbocycles. The van der Waals surface area contributed by atoms with Gasteiger partial charge in [-0.25, -0.2) is 4.57 Å². The molecule has 0 radical (unpaired) electrons. The van der Waals surface area contributed by atoms with Crippen LogP contribution in [0.3, 0.4) is 0 Å². The van der Waals surface area contributed by atoms with E-state index in [-0.39, 0.29) is 32.0 Å². The minimum atomic E-state index is -4.38. The van der Waals surface area contributed by atoms with Gasteiger partial charge in [0, 0.05) is 12.8 Å². The number of carbonyl (C=O) groups is 2. The van der Waals surface area contributed by atoms with Crippen molar-refractivity contribution in [1.82, 2.24) is 0 Å². The fourth-order valence-electron chi connectivity index (χ4n) is 6.25. The number of allylic oxidation sites excluding steroid dienone is 3. The number of phosphoric ester groups is 1. The zero-order valence-corrected chi connectivity index (χ0v) is 36.8. The summed E-state index contributed by atoms with van der Waals surface area (Å²) in [7, 11) is 1.46. The Hall–Kier alpha value is -1.55. The molecule has 55 heavy (non-hydrogen) atoms. The van der Waals surface area contributed by atoms with Crippen molar-refractivity contribution < 1.29 is 46.8 Å². The van der Waals surface area contributed by atoms with Crippen LogP contribution in [-0.2, 0) is 37.4 Å². The summed E-state index contributed by atoms with van der Waals surface area (Å²) < 4.78 is 40.1. The zero-order valence-electron chi connectivity index (χ0n) is 35.9. The van der Waals surface area contributed by atoms with Crippen molar-refractivity contribution >= 4 is 19.8 Å². The number of ether oxygens (including phenoxy) is 3. The molecule has 1 fully saturated rings. The van der Waals surface area contributed by atoms with Crippen molar-refractivity contribution in [2.75, 3.05) is 47.5 Å². The van der Waals surface area contributed by atoms with E-state index >= 15 is 0 Å². The van der Waals surface area contributed by atoms with E-state index in [9.17, 15) is 19.0 Å². The molecule has 1 saturated heterocycles. The first kappa shape index (κ1) is 51.5. The van der Waals surface area contributed by atoms with Crippen molar-refractivity contribution in [3.05, 3.63) is 24.3 Å². The predicted molar refractivity (Wildman–Crippen MR) is 224 cm³/mol. The molecule has 10 nitrogen and oxygen atoms in total. The molecule has 11 heteroatoms. The van der Waals surface area contributed by atoms with Crippen molar-refractivity contribution in [3.8, 4) is 0 Å². The maximum atomic E-state index is 12.7. The average Bonchev–Trinajstić information content (AvgIpc) is 3.89. The van der Waals surface area contributed by atoms with Crippen molar-refractivity contribution in [2.24, 2.45) is 0 Å². The van der Waals surface area contributed by atoms with Gasteiger partial charge in [-0.1, -0.05) is 128 Å². The van der Waals surface area contributed by atoms with Crippen LogP contribution in [0.15, 0.2) is 24.3 Å². The Morgan fingerprint density at radius 3 is 1.78 bits per heavy atom. The molecule has 1 aliphatic rings. The van der Waals surface area contributed by atoms with Crippen LogP contribution in [0.2, 0.25) is 0 Å². The summed E-state index contributed by atoms with van der Waals surface area (Å²) in [6.45, 7) is 4.35. The molecule has 1 aliphatic heterocycles. The van der Waals surface area contributed by atoms with E-state index in [1.165, 1.54) is 77.0 Å². The van der Waals surface area contributed by atoms with Gasteiger partial charge in [0.1, 0.15) is 19.8 Å². The lowest BCUT2D eigenvalue weighted by Gasteiger charge is -2.24. The highest BCUT2D eigenvalue weighted by Gasteiger charge is 2.36. The Morgan fingerprint density at radius 1 is 0.655 bits per heavy atom. The number of carbonyl (C=O) groups excluding carboxylic acids is 2. The Balaban J connectivity index is 2.29. The SMILES string of the molecule is CCCCC/C=C\CC1OC1CCCCCCCC(=O)OC[C@H](COP(=O)(O)OCC[N+](C)(C)C)OC(=O)CCCCCCCCC/C=C\CCCCCC. The highest BCUT2D eigenvalue weighted by atomic mass is 31.2. The van der Waals surface area contributed by atoms with E-state index in [1.54, 1.807) is 0 Å². The average molecular weight is 801 g/mol. The number of unbranched alkanes of at least 4 members (excludes halogenated alkanes) is 18. The summed E-state index contributed by atoms with van der Waals surface area (Å²) in [4.78, 5) is 35.4. The fourth-order valence-corrected chi connectivity index (χ4v) is 6.99. The second-order valence-corrected chi connectivity index (χ2v) is 17.9. The second-order valence-electron chi connectivity index (χ2n) is 16.5. The molecule has 0 bridgehead atoms. The third-order valence-electron chi connectivity index (χ3n) is 9.88. The molecule has 0 aromatic rings. The van der Waals surface area contributed by atoms with Gasteiger partial charge in [-0.05, 0) is 64.2 Å². The Kier molecular flexibility index (Phi) is 31.3. The first-order valence-electron chi connectivity index (χ1n) is 22.2. The molecule has 1 N–H and O–H groups in total. The van der Waals surface area contributed by atoms with E-state index in [4.69, 9.17) is 23.3 Å². The van der Waals surface area contributed by atoms with E-state index in [0.29, 0.717) is 36.1 Å². The monoisotopic (exact) mass is 801 g/mol. The standard InChI is InChI=1S/C44H82NO9P/c1-6-8-10-12-14-15-16-17-18-19-20-21-22-26-31-35-44(47)53-40(39-52-55(48,49)51-37-36-45(3,4)5)38-50-43(46)34-30-27-23-25-29-33-42-41(54-42)32-28-24-13-11-9-7-2/h15-16,24,28,40-42H,6-14,17-23,25-27,29-39H2,1-5H3/p+1/b16-15-,28-24-/t40-,41?,42?/m1/s1. The van der Waals surface area contributed by atoms with Gasteiger partial charge >= 0.3 is 19.8 Å². The topological polar surface area (TPSA) is 121 Å². The number of hydrogen-bond donors (Lipinski definition) is 1. The Morgan fingerprint density at radius 2 is 1.16 bits per heavy atom.